The minimum absolute atomic E-state index is 0.0376. The van der Waals surface area contributed by atoms with E-state index >= 15 is 0 Å². The fraction of sp³-hybridized carbons (Fsp3) is 0.895. The summed E-state index contributed by atoms with van der Waals surface area (Å²) in [4.78, 5) is 25.6. The lowest BCUT2D eigenvalue weighted by molar-refractivity contribution is -0.292. The summed E-state index contributed by atoms with van der Waals surface area (Å²) >= 11 is 0. The SMILES string of the molecule is CC1(C)[C@H]2CC(=O)C3(CC4C(=O)C[C@H]5C[C@]4(O3)C5(C)C)[C@@H]1C2. The van der Waals surface area contributed by atoms with Crippen LogP contribution in [0.5, 0.6) is 0 Å². The third kappa shape index (κ3) is 1.11. The first kappa shape index (κ1) is 13.7. The van der Waals surface area contributed by atoms with Gasteiger partial charge >= 0.3 is 0 Å². The van der Waals surface area contributed by atoms with Gasteiger partial charge in [0.05, 0.1) is 11.5 Å². The Bertz CT molecular complexity index is 618. The fourth-order valence-electron chi connectivity index (χ4n) is 6.98. The molecule has 3 nitrogen and oxygen atoms in total. The minimum Gasteiger partial charge on any atom is -0.359 e. The average molecular weight is 302 g/mol. The second kappa shape index (κ2) is 3.38. The van der Waals surface area contributed by atoms with Crippen LogP contribution in [0.4, 0.5) is 0 Å². The number of carbonyl (C=O) groups is 2. The summed E-state index contributed by atoms with van der Waals surface area (Å²) in [6.07, 6.45) is 4.12. The first-order chi connectivity index (χ1) is 10.2. The minimum atomic E-state index is -0.648. The number of hydrogen-bond donors (Lipinski definition) is 0. The maximum atomic E-state index is 12.9. The van der Waals surface area contributed by atoms with Crippen LogP contribution in [0.1, 0.15) is 59.8 Å². The highest BCUT2D eigenvalue weighted by molar-refractivity contribution is 5.94. The van der Waals surface area contributed by atoms with Gasteiger partial charge in [-0.1, -0.05) is 27.7 Å². The van der Waals surface area contributed by atoms with Crippen molar-refractivity contribution in [3.63, 3.8) is 0 Å². The molecule has 6 saturated carbocycles. The van der Waals surface area contributed by atoms with Crippen molar-refractivity contribution in [2.24, 2.45) is 34.5 Å². The van der Waals surface area contributed by atoms with Crippen LogP contribution in [0.2, 0.25) is 0 Å². The summed E-state index contributed by atoms with van der Waals surface area (Å²) in [6, 6.07) is 0. The lowest BCUT2D eigenvalue weighted by atomic mass is 9.41. The third-order valence-corrected chi connectivity index (χ3v) is 8.87. The molecule has 0 aromatic carbocycles. The van der Waals surface area contributed by atoms with E-state index in [4.69, 9.17) is 4.74 Å². The van der Waals surface area contributed by atoms with E-state index in [2.05, 4.69) is 27.7 Å². The molecular weight excluding hydrogens is 276 g/mol. The zero-order valence-electron chi connectivity index (χ0n) is 14.1. The lowest BCUT2D eigenvalue weighted by Crippen LogP contribution is -2.71. The predicted molar refractivity (Wildman–Crippen MR) is 81.2 cm³/mol. The molecule has 6 aliphatic carbocycles. The number of fused-ring (bicyclic) bond motifs is 2. The number of carbonyl (C=O) groups excluding carboxylic acids is 2. The Morgan fingerprint density at radius 3 is 2.32 bits per heavy atom. The molecule has 0 N–H and O–H groups in total. The van der Waals surface area contributed by atoms with E-state index in [0.717, 1.165) is 12.8 Å². The molecule has 4 bridgehead atoms. The van der Waals surface area contributed by atoms with Gasteiger partial charge in [0.2, 0.25) is 0 Å². The van der Waals surface area contributed by atoms with Gasteiger partial charge in [-0.25, -0.2) is 0 Å². The van der Waals surface area contributed by atoms with Gasteiger partial charge in [-0.15, -0.1) is 0 Å². The molecule has 2 unspecified atom stereocenters. The highest BCUT2D eigenvalue weighted by Gasteiger charge is 2.80. The van der Waals surface area contributed by atoms with Crippen LogP contribution in [0.25, 0.3) is 0 Å². The van der Waals surface area contributed by atoms with Crippen molar-refractivity contribution < 1.29 is 14.3 Å². The Hall–Kier alpha value is -0.700. The van der Waals surface area contributed by atoms with Crippen LogP contribution in [-0.4, -0.2) is 22.8 Å². The van der Waals surface area contributed by atoms with Gasteiger partial charge in [-0.2, -0.15) is 0 Å². The first-order valence-corrected chi connectivity index (χ1v) is 8.91. The number of ketones is 2. The van der Waals surface area contributed by atoms with E-state index in [-0.39, 0.29) is 22.3 Å². The molecule has 0 aromatic rings. The van der Waals surface area contributed by atoms with Crippen molar-refractivity contribution >= 4 is 11.6 Å². The lowest BCUT2D eigenvalue weighted by Gasteiger charge is -2.67. The van der Waals surface area contributed by atoms with Crippen LogP contribution in [0.3, 0.4) is 0 Å². The normalized spacial score (nSPS) is 56.4. The van der Waals surface area contributed by atoms with Crippen LogP contribution >= 0.6 is 0 Å². The summed E-state index contributed by atoms with van der Waals surface area (Å²) < 4.78 is 6.76. The van der Waals surface area contributed by atoms with Crippen molar-refractivity contribution in [1.82, 2.24) is 0 Å². The van der Waals surface area contributed by atoms with E-state index in [9.17, 15) is 9.59 Å². The number of hydrogen-bond acceptors (Lipinski definition) is 3. The monoisotopic (exact) mass is 302 g/mol. The molecule has 22 heavy (non-hydrogen) atoms. The van der Waals surface area contributed by atoms with Crippen LogP contribution in [0, 0.1) is 34.5 Å². The molecule has 120 valence electrons. The van der Waals surface area contributed by atoms with Crippen molar-refractivity contribution in [2.75, 3.05) is 0 Å². The van der Waals surface area contributed by atoms with Crippen molar-refractivity contribution in [1.29, 1.82) is 0 Å². The predicted octanol–water partition coefficient (Wildman–Crippen LogP) is 3.15. The number of ether oxygens (including phenoxy) is 1. The maximum Gasteiger partial charge on any atom is 0.165 e. The smallest absolute Gasteiger partial charge is 0.165 e. The Balaban J connectivity index is 1.62. The third-order valence-electron chi connectivity index (χ3n) is 8.87. The quantitative estimate of drug-likeness (QED) is 0.690. The van der Waals surface area contributed by atoms with Gasteiger partial charge in [0.15, 0.2) is 5.78 Å². The Morgan fingerprint density at radius 2 is 1.73 bits per heavy atom. The molecule has 1 saturated heterocycles. The summed E-state index contributed by atoms with van der Waals surface area (Å²) in [7, 11) is 0. The molecule has 0 radical (unpaired) electrons. The molecular formula is C19H26O3. The van der Waals surface area contributed by atoms with Crippen LogP contribution in [-0.2, 0) is 14.3 Å². The van der Waals surface area contributed by atoms with E-state index < -0.39 is 5.60 Å². The van der Waals surface area contributed by atoms with E-state index in [1.165, 1.54) is 0 Å². The average Bonchev–Trinajstić information content (AvgIpc) is 2.81. The number of rotatable bonds is 0. The largest absolute Gasteiger partial charge is 0.359 e. The zero-order valence-corrected chi connectivity index (χ0v) is 14.1. The second-order valence-corrected chi connectivity index (χ2v) is 9.86. The molecule has 7 fully saturated rings. The summed E-state index contributed by atoms with van der Waals surface area (Å²) in [6.45, 7) is 9.09. The van der Waals surface area contributed by atoms with Crippen molar-refractivity contribution in [3.8, 4) is 0 Å². The maximum absolute atomic E-state index is 12.9. The Labute approximate surface area is 132 Å². The van der Waals surface area contributed by atoms with Crippen molar-refractivity contribution in [2.45, 2.75) is 71.0 Å². The molecule has 0 aromatic heterocycles. The van der Waals surface area contributed by atoms with Crippen molar-refractivity contribution in [3.05, 3.63) is 0 Å². The summed E-state index contributed by atoms with van der Waals surface area (Å²) in [5, 5.41) is 0. The molecule has 7 rings (SSSR count). The summed E-state index contributed by atoms with van der Waals surface area (Å²) in [5.41, 5.74) is -0.763. The molecule has 7 aliphatic rings. The Morgan fingerprint density at radius 1 is 1.00 bits per heavy atom. The molecule has 1 aliphatic heterocycles. The summed E-state index contributed by atoms with van der Waals surface area (Å²) in [5.74, 6) is 1.91. The molecule has 0 amide bonds. The molecule has 2 spiro atoms. The van der Waals surface area contributed by atoms with Gasteiger partial charge in [0, 0.05) is 18.8 Å². The highest BCUT2D eigenvalue weighted by Crippen LogP contribution is 2.75. The van der Waals surface area contributed by atoms with E-state index in [0.29, 0.717) is 48.6 Å². The fourth-order valence-corrected chi connectivity index (χ4v) is 6.98. The second-order valence-electron chi connectivity index (χ2n) is 9.86. The first-order valence-electron chi connectivity index (χ1n) is 8.91. The number of Topliss-reactive ketones (excluding diaryl/α,β-unsaturated/α-hetero) is 2. The van der Waals surface area contributed by atoms with Gasteiger partial charge in [-0.3, -0.25) is 9.59 Å². The van der Waals surface area contributed by atoms with Crippen LogP contribution in [0.15, 0.2) is 0 Å². The standard InChI is InChI=1S/C19H26O3/c1-16(2)10-6-14(16)18(15(21)7-10)9-12-13(20)5-11-8-19(12,22-18)17(11,3)4/h10-12,14H,5-9H2,1-4H3/t10-,11+,12?,14-,18?,19-/m1/s1. The highest BCUT2D eigenvalue weighted by atomic mass is 16.5. The molecule has 1 heterocycles. The molecule has 6 atom stereocenters. The van der Waals surface area contributed by atoms with Gasteiger partial charge in [0.1, 0.15) is 11.4 Å². The Kier molecular flexibility index (Phi) is 2.11. The van der Waals surface area contributed by atoms with E-state index in [1.54, 1.807) is 0 Å². The zero-order chi connectivity index (χ0) is 15.7. The van der Waals surface area contributed by atoms with Gasteiger partial charge in [0.25, 0.3) is 0 Å². The van der Waals surface area contributed by atoms with Gasteiger partial charge < -0.3 is 4.74 Å². The van der Waals surface area contributed by atoms with Gasteiger partial charge in [-0.05, 0) is 41.9 Å². The molecule has 3 heteroatoms. The van der Waals surface area contributed by atoms with E-state index in [1.807, 2.05) is 0 Å². The van der Waals surface area contributed by atoms with Crippen LogP contribution < -0.4 is 0 Å². The topological polar surface area (TPSA) is 43.4 Å².